The number of alkyl halides is 3. The molecule has 0 spiro atoms. The number of nitrogens with zero attached hydrogens (tertiary/aromatic N) is 2. The fourth-order valence-corrected chi connectivity index (χ4v) is 2.49. The van der Waals surface area contributed by atoms with E-state index in [1.807, 2.05) is 0 Å². The SMILES string of the molecule is CC(=O)CNC(=O)c1ccc(OC2=NO[C@H](c3ccc(OC(F)(F)F)cc3)C2)cn1. The zero-order chi connectivity index (χ0) is 21.7. The highest BCUT2D eigenvalue weighted by Crippen LogP contribution is 2.30. The normalized spacial score (nSPS) is 15.7. The summed E-state index contributed by atoms with van der Waals surface area (Å²) in [5, 5.41) is 6.24. The smallest absolute Gasteiger partial charge is 0.438 e. The van der Waals surface area contributed by atoms with Gasteiger partial charge >= 0.3 is 6.36 Å². The monoisotopic (exact) mass is 423 g/mol. The number of pyridine rings is 1. The van der Waals surface area contributed by atoms with Gasteiger partial charge in [0, 0.05) is 0 Å². The number of nitrogens with one attached hydrogen (secondary N) is 1. The molecule has 30 heavy (non-hydrogen) atoms. The molecule has 8 nitrogen and oxygen atoms in total. The molecule has 1 aromatic heterocycles. The van der Waals surface area contributed by atoms with Crippen LogP contribution < -0.4 is 14.8 Å². The summed E-state index contributed by atoms with van der Waals surface area (Å²) in [4.78, 5) is 31.9. The summed E-state index contributed by atoms with van der Waals surface area (Å²) in [5.41, 5.74) is 0.717. The van der Waals surface area contributed by atoms with Crippen LogP contribution >= 0.6 is 0 Å². The summed E-state index contributed by atoms with van der Waals surface area (Å²) in [7, 11) is 0. The van der Waals surface area contributed by atoms with Crippen molar-refractivity contribution >= 4 is 17.6 Å². The molecule has 0 aliphatic carbocycles. The van der Waals surface area contributed by atoms with E-state index >= 15 is 0 Å². The molecule has 1 N–H and O–H groups in total. The van der Waals surface area contributed by atoms with Crippen molar-refractivity contribution in [2.24, 2.45) is 5.16 Å². The van der Waals surface area contributed by atoms with Gasteiger partial charge in [-0.05, 0) is 36.8 Å². The standard InChI is InChI=1S/C19H16F3N3O5/c1-11(26)9-24-18(27)15-7-6-14(10-23-15)28-17-8-16(30-25-17)12-2-4-13(5-3-12)29-19(20,21)22/h2-7,10,16H,8-9H2,1H3,(H,24,27)/t16-/m0/s1. The van der Waals surface area contributed by atoms with E-state index in [0.717, 1.165) is 0 Å². The minimum Gasteiger partial charge on any atom is -0.438 e. The minimum absolute atomic E-state index is 0.0857. The molecule has 0 saturated heterocycles. The van der Waals surface area contributed by atoms with E-state index in [9.17, 15) is 22.8 Å². The van der Waals surface area contributed by atoms with Crippen LogP contribution in [-0.4, -0.2) is 35.5 Å². The van der Waals surface area contributed by atoms with Gasteiger partial charge in [0.1, 0.15) is 23.0 Å². The molecule has 1 amide bonds. The number of carbonyl (C=O) groups is 2. The largest absolute Gasteiger partial charge is 0.573 e. The topological polar surface area (TPSA) is 99.1 Å². The van der Waals surface area contributed by atoms with Crippen molar-refractivity contribution < 1.29 is 37.1 Å². The molecule has 1 atom stereocenters. The highest BCUT2D eigenvalue weighted by molar-refractivity contribution is 5.94. The molecule has 0 bridgehead atoms. The predicted molar refractivity (Wildman–Crippen MR) is 96.9 cm³/mol. The molecule has 0 fully saturated rings. The van der Waals surface area contributed by atoms with Gasteiger partial charge < -0.3 is 19.6 Å². The van der Waals surface area contributed by atoms with Gasteiger partial charge in [0.2, 0.25) is 5.90 Å². The average Bonchev–Trinajstić information content (AvgIpc) is 3.14. The van der Waals surface area contributed by atoms with E-state index < -0.39 is 18.4 Å². The zero-order valence-corrected chi connectivity index (χ0v) is 15.6. The first-order valence-electron chi connectivity index (χ1n) is 8.69. The molecule has 2 aromatic rings. The molecule has 3 rings (SSSR count). The first kappa shape index (κ1) is 21.1. The second-order valence-electron chi connectivity index (χ2n) is 6.27. The number of aromatic nitrogens is 1. The van der Waals surface area contributed by atoms with Gasteiger partial charge in [-0.25, -0.2) is 4.98 Å². The zero-order valence-electron chi connectivity index (χ0n) is 15.6. The van der Waals surface area contributed by atoms with Crippen molar-refractivity contribution in [1.82, 2.24) is 10.3 Å². The Bertz CT molecular complexity index is 943. The number of amides is 1. The molecular formula is C19H16F3N3O5. The lowest BCUT2D eigenvalue weighted by atomic mass is 10.1. The van der Waals surface area contributed by atoms with E-state index in [4.69, 9.17) is 9.57 Å². The van der Waals surface area contributed by atoms with Crippen LogP contribution in [0, 0.1) is 0 Å². The molecule has 0 radical (unpaired) electrons. The maximum atomic E-state index is 12.2. The van der Waals surface area contributed by atoms with Crippen molar-refractivity contribution in [2.75, 3.05) is 6.54 Å². The van der Waals surface area contributed by atoms with E-state index in [1.54, 1.807) is 0 Å². The van der Waals surface area contributed by atoms with Crippen LogP contribution in [0.15, 0.2) is 47.8 Å². The first-order valence-corrected chi connectivity index (χ1v) is 8.69. The quantitative estimate of drug-likeness (QED) is 0.767. The summed E-state index contributed by atoms with van der Waals surface area (Å²) in [5.74, 6) is -0.447. The van der Waals surface area contributed by atoms with Gasteiger partial charge in [-0.15, -0.1) is 13.2 Å². The van der Waals surface area contributed by atoms with Gasteiger partial charge in [0.15, 0.2) is 6.10 Å². The number of benzene rings is 1. The molecular weight excluding hydrogens is 407 g/mol. The number of rotatable bonds is 6. The van der Waals surface area contributed by atoms with Crippen molar-refractivity contribution in [3.63, 3.8) is 0 Å². The highest BCUT2D eigenvalue weighted by atomic mass is 19.4. The van der Waals surface area contributed by atoms with Crippen LogP contribution in [0.25, 0.3) is 0 Å². The summed E-state index contributed by atoms with van der Waals surface area (Å²) < 4.78 is 46.0. The Hall–Kier alpha value is -3.63. The Morgan fingerprint density at radius 3 is 2.47 bits per heavy atom. The maximum absolute atomic E-state index is 12.2. The summed E-state index contributed by atoms with van der Waals surface area (Å²) >= 11 is 0. The van der Waals surface area contributed by atoms with Crippen LogP contribution in [0.4, 0.5) is 13.2 Å². The Morgan fingerprint density at radius 2 is 1.87 bits per heavy atom. The Kier molecular flexibility index (Phi) is 6.19. The van der Waals surface area contributed by atoms with E-state index in [1.165, 1.54) is 49.5 Å². The molecule has 1 aliphatic heterocycles. The van der Waals surface area contributed by atoms with Gasteiger partial charge in [0.05, 0.1) is 19.2 Å². The molecule has 1 aromatic carbocycles. The van der Waals surface area contributed by atoms with E-state index in [2.05, 4.69) is 20.2 Å². The number of hydrogen-bond donors (Lipinski definition) is 1. The lowest BCUT2D eigenvalue weighted by Gasteiger charge is -2.11. The molecule has 0 saturated carbocycles. The minimum atomic E-state index is -4.76. The van der Waals surface area contributed by atoms with Gasteiger partial charge in [-0.1, -0.05) is 17.3 Å². The average molecular weight is 423 g/mol. The van der Waals surface area contributed by atoms with Crippen LogP contribution in [0.2, 0.25) is 0 Å². The number of Topliss-reactive ketones (excluding diaryl/α,β-unsaturated/α-hetero) is 1. The predicted octanol–water partition coefficient (Wildman–Crippen LogP) is 3.15. The molecule has 158 valence electrons. The third-order valence-electron chi connectivity index (χ3n) is 3.83. The Labute approximate surface area is 168 Å². The molecule has 11 heteroatoms. The van der Waals surface area contributed by atoms with Crippen LogP contribution in [0.1, 0.15) is 35.5 Å². The van der Waals surface area contributed by atoms with Gasteiger partial charge in [-0.3, -0.25) is 9.59 Å². The number of oxime groups is 1. The van der Waals surface area contributed by atoms with Crippen molar-refractivity contribution in [3.05, 3.63) is 53.9 Å². The molecule has 0 unspecified atom stereocenters. The lowest BCUT2D eigenvalue weighted by Crippen LogP contribution is -2.28. The lowest BCUT2D eigenvalue weighted by molar-refractivity contribution is -0.274. The Morgan fingerprint density at radius 1 is 1.17 bits per heavy atom. The third-order valence-corrected chi connectivity index (χ3v) is 3.83. The summed E-state index contributed by atoms with van der Waals surface area (Å²) in [6.45, 7) is 1.27. The number of hydrogen-bond acceptors (Lipinski definition) is 7. The second-order valence-corrected chi connectivity index (χ2v) is 6.27. The summed E-state index contributed by atoms with van der Waals surface area (Å²) in [6, 6.07) is 8.20. The first-order chi connectivity index (χ1) is 14.2. The number of ether oxygens (including phenoxy) is 2. The van der Waals surface area contributed by atoms with E-state index in [-0.39, 0.29) is 36.1 Å². The van der Waals surface area contributed by atoms with Crippen molar-refractivity contribution in [2.45, 2.75) is 25.8 Å². The van der Waals surface area contributed by atoms with Crippen molar-refractivity contribution in [3.8, 4) is 11.5 Å². The Balaban J connectivity index is 1.53. The number of ketones is 1. The molecule has 2 heterocycles. The fraction of sp³-hybridized carbons (Fsp3) is 0.263. The number of halogens is 3. The second kappa shape index (κ2) is 8.80. The molecule has 1 aliphatic rings. The van der Waals surface area contributed by atoms with Crippen LogP contribution in [0.3, 0.4) is 0 Å². The highest BCUT2D eigenvalue weighted by Gasteiger charge is 2.31. The summed E-state index contributed by atoms with van der Waals surface area (Å²) in [6.07, 6.45) is -3.71. The van der Waals surface area contributed by atoms with Crippen molar-refractivity contribution in [1.29, 1.82) is 0 Å². The van der Waals surface area contributed by atoms with E-state index in [0.29, 0.717) is 11.3 Å². The van der Waals surface area contributed by atoms with Crippen LogP contribution in [0.5, 0.6) is 11.5 Å². The van der Waals surface area contributed by atoms with Crippen LogP contribution in [-0.2, 0) is 9.63 Å². The number of carbonyl (C=O) groups excluding carboxylic acids is 2. The van der Waals surface area contributed by atoms with Gasteiger partial charge in [0.25, 0.3) is 5.91 Å². The third kappa shape index (κ3) is 5.93. The fourth-order valence-electron chi connectivity index (χ4n) is 2.49. The maximum Gasteiger partial charge on any atom is 0.573 e. The van der Waals surface area contributed by atoms with Gasteiger partial charge in [-0.2, -0.15) is 0 Å².